The van der Waals surface area contributed by atoms with Crippen molar-refractivity contribution in [3.63, 3.8) is 0 Å². The van der Waals surface area contributed by atoms with E-state index >= 15 is 0 Å². The van der Waals surface area contributed by atoms with Gasteiger partial charge >= 0.3 is 5.97 Å². The highest BCUT2D eigenvalue weighted by Gasteiger charge is 2.41. The topological polar surface area (TPSA) is 139 Å². The number of sulfonamides is 1. The Morgan fingerprint density at radius 3 is 2.66 bits per heavy atom. The van der Waals surface area contributed by atoms with Gasteiger partial charge in [0.1, 0.15) is 4.90 Å². The quantitative estimate of drug-likeness (QED) is 0.439. The van der Waals surface area contributed by atoms with Crippen LogP contribution in [0.25, 0.3) is 0 Å². The average Bonchev–Trinajstić information content (AvgIpc) is 2.75. The second kappa shape index (κ2) is 10.3. The Balaban J connectivity index is 1.88. The first-order chi connectivity index (χ1) is 15.1. The molecule has 0 amide bonds. The summed E-state index contributed by atoms with van der Waals surface area (Å²) < 4.78 is 29.3. The number of hydrogen-bond acceptors (Lipinski definition) is 6. The van der Waals surface area contributed by atoms with Gasteiger partial charge in [-0.15, -0.1) is 0 Å². The van der Waals surface area contributed by atoms with Gasteiger partial charge < -0.3 is 16.2 Å². The van der Waals surface area contributed by atoms with Crippen LogP contribution in [0.2, 0.25) is 0 Å². The Labute approximate surface area is 190 Å². The lowest BCUT2D eigenvalue weighted by Gasteiger charge is -2.33. The van der Waals surface area contributed by atoms with Crippen molar-refractivity contribution in [2.45, 2.75) is 63.3 Å². The Kier molecular flexibility index (Phi) is 7.95. The van der Waals surface area contributed by atoms with Crippen LogP contribution in [0, 0.1) is 23.7 Å². The van der Waals surface area contributed by atoms with Crippen molar-refractivity contribution in [1.29, 1.82) is 0 Å². The fourth-order valence-electron chi connectivity index (χ4n) is 4.98. The van der Waals surface area contributed by atoms with Crippen LogP contribution in [-0.4, -0.2) is 44.4 Å². The molecule has 0 bridgehead atoms. The number of ketones is 1. The Bertz CT molecular complexity index is 949. The van der Waals surface area contributed by atoms with Crippen LogP contribution in [0.4, 0.5) is 5.69 Å². The number of benzene rings is 1. The summed E-state index contributed by atoms with van der Waals surface area (Å²) in [5, 5.41) is 12.9. The third-order valence-corrected chi connectivity index (χ3v) is 8.24. The number of carbonyl (C=O) groups excluding carboxylic acids is 1. The molecule has 2 unspecified atom stereocenters. The van der Waals surface area contributed by atoms with Crippen LogP contribution in [0.5, 0.6) is 0 Å². The van der Waals surface area contributed by atoms with Crippen molar-refractivity contribution >= 4 is 27.5 Å². The molecule has 1 aromatic carbocycles. The van der Waals surface area contributed by atoms with Gasteiger partial charge in [-0.2, -0.15) is 0 Å². The van der Waals surface area contributed by atoms with E-state index in [2.05, 4.69) is 17.0 Å². The zero-order chi connectivity index (χ0) is 23.5. The third-order valence-electron chi connectivity index (χ3n) is 6.73. The molecule has 2 aliphatic rings. The number of rotatable bonds is 9. The number of nitrogens with two attached hydrogens (primary N) is 1. The highest BCUT2D eigenvalue weighted by Crippen LogP contribution is 2.36. The van der Waals surface area contributed by atoms with E-state index in [0.29, 0.717) is 44.0 Å². The molecule has 5 atom stereocenters. The molecule has 1 heterocycles. The zero-order valence-electron chi connectivity index (χ0n) is 18.8. The Morgan fingerprint density at radius 1 is 1.22 bits per heavy atom. The van der Waals surface area contributed by atoms with Crippen LogP contribution < -0.4 is 15.8 Å². The number of carboxylic acids is 1. The number of carboxylic acid groups (broad SMARTS) is 1. The predicted octanol–water partition coefficient (Wildman–Crippen LogP) is 2.38. The van der Waals surface area contributed by atoms with Gasteiger partial charge in [-0.05, 0) is 68.5 Å². The van der Waals surface area contributed by atoms with Gasteiger partial charge in [0.2, 0.25) is 10.0 Å². The number of nitrogens with one attached hydrogen (secondary N) is 2. The molecule has 3 rings (SSSR count). The highest BCUT2D eigenvalue weighted by molar-refractivity contribution is 7.89. The van der Waals surface area contributed by atoms with Crippen molar-refractivity contribution in [2.75, 3.05) is 18.4 Å². The number of fused-ring (bicyclic) bond motifs is 1. The molecule has 32 heavy (non-hydrogen) atoms. The largest absolute Gasteiger partial charge is 0.481 e. The lowest BCUT2D eigenvalue weighted by molar-refractivity contribution is -0.149. The molecule has 8 nitrogen and oxygen atoms in total. The molecular formula is C23H35N3O5S. The van der Waals surface area contributed by atoms with Crippen LogP contribution in [0.3, 0.4) is 0 Å². The molecule has 0 spiro atoms. The molecule has 0 saturated heterocycles. The molecule has 5 N–H and O–H groups in total. The van der Waals surface area contributed by atoms with Crippen molar-refractivity contribution < 1.29 is 23.1 Å². The SMILES string of the molecule is CC1CNc2c(cccc2S(=O)(=O)N[C@@H](CCCN)C(=O)C2CC[C@@H](C)C[C@@H]2C(=O)O)C1. The average molecular weight is 466 g/mol. The van der Waals surface area contributed by atoms with E-state index in [1.165, 1.54) is 6.07 Å². The summed E-state index contributed by atoms with van der Waals surface area (Å²) in [5.74, 6) is -2.20. The fraction of sp³-hybridized carbons (Fsp3) is 0.652. The van der Waals surface area contributed by atoms with E-state index in [1.807, 2.05) is 13.0 Å². The smallest absolute Gasteiger partial charge is 0.307 e. The van der Waals surface area contributed by atoms with E-state index in [4.69, 9.17) is 5.73 Å². The van der Waals surface area contributed by atoms with Gasteiger partial charge in [0.05, 0.1) is 17.6 Å². The second-order valence-corrected chi connectivity index (χ2v) is 11.1. The summed E-state index contributed by atoms with van der Waals surface area (Å²) in [7, 11) is -4.00. The van der Waals surface area contributed by atoms with Gasteiger partial charge in [0.25, 0.3) is 0 Å². The predicted molar refractivity (Wildman–Crippen MR) is 123 cm³/mol. The van der Waals surface area contributed by atoms with Crippen molar-refractivity contribution in [3.05, 3.63) is 23.8 Å². The summed E-state index contributed by atoms with van der Waals surface area (Å²) in [5.41, 5.74) is 7.15. The molecule has 0 aromatic heterocycles. The lowest BCUT2D eigenvalue weighted by atomic mass is 9.71. The van der Waals surface area contributed by atoms with Crippen molar-refractivity contribution in [2.24, 2.45) is 29.4 Å². The van der Waals surface area contributed by atoms with Crippen LogP contribution in [-0.2, 0) is 26.0 Å². The number of anilines is 1. The van der Waals surface area contributed by atoms with Gasteiger partial charge in [-0.25, -0.2) is 13.1 Å². The summed E-state index contributed by atoms with van der Waals surface area (Å²) in [4.78, 5) is 25.4. The van der Waals surface area contributed by atoms with Gasteiger partial charge in [-0.3, -0.25) is 9.59 Å². The Morgan fingerprint density at radius 2 is 1.97 bits per heavy atom. The minimum absolute atomic E-state index is 0.125. The van der Waals surface area contributed by atoms with Crippen LogP contribution in [0.1, 0.15) is 51.5 Å². The lowest BCUT2D eigenvalue weighted by Crippen LogP contribution is -2.47. The molecule has 1 aliphatic carbocycles. The molecule has 1 aromatic rings. The minimum Gasteiger partial charge on any atom is -0.481 e. The Hall–Kier alpha value is -1.97. The first kappa shape index (κ1) is 24.7. The molecular weight excluding hydrogens is 430 g/mol. The summed E-state index contributed by atoms with van der Waals surface area (Å²) >= 11 is 0. The maximum Gasteiger partial charge on any atom is 0.307 e. The van der Waals surface area contributed by atoms with Crippen molar-refractivity contribution in [1.82, 2.24) is 4.72 Å². The van der Waals surface area contributed by atoms with E-state index < -0.39 is 33.9 Å². The summed E-state index contributed by atoms with van der Waals surface area (Å²) in [6.07, 6.45) is 3.12. The number of aliphatic carboxylic acids is 1. The van der Waals surface area contributed by atoms with Gasteiger partial charge in [-0.1, -0.05) is 26.0 Å². The number of Topliss-reactive ketones (excluding diaryl/α,β-unsaturated/α-hetero) is 1. The van der Waals surface area contributed by atoms with Crippen molar-refractivity contribution in [3.8, 4) is 0 Å². The molecule has 9 heteroatoms. The molecule has 0 radical (unpaired) electrons. The van der Waals surface area contributed by atoms with Gasteiger partial charge in [0, 0.05) is 12.5 Å². The molecule has 178 valence electrons. The normalized spacial score (nSPS) is 26.6. The number of carbonyl (C=O) groups is 2. The first-order valence-electron chi connectivity index (χ1n) is 11.5. The highest BCUT2D eigenvalue weighted by atomic mass is 32.2. The molecule has 1 fully saturated rings. The zero-order valence-corrected chi connectivity index (χ0v) is 19.7. The second-order valence-electron chi connectivity index (χ2n) is 9.46. The van der Waals surface area contributed by atoms with Gasteiger partial charge in [0.15, 0.2) is 5.78 Å². The molecule has 1 saturated carbocycles. The fourth-order valence-corrected chi connectivity index (χ4v) is 6.45. The van der Waals surface area contributed by atoms with Crippen LogP contribution in [0.15, 0.2) is 23.1 Å². The number of hydrogen-bond donors (Lipinski definition) is 4. The third kappa shape index (κ3) is 5.50. The maximum absolute atomic E-state index is 13.4. The number of para-hydroxylation sites is 1. The minimum atomic E-state index is -4.00. The van der Waals surface area contributed by atoms with E-state index in [-0.39, 0.29) is 23.0 Å². The molecule has 1 aliphatic heterocycles. The van der Waals surface area contributed by atoms with E-state index in [0.717, 1.165) is 18.4 Å². The monoisotopic (exact) mass is 465 g/mol. The van der Waals surface area contributed by atoms with E-state index in [1.54, 1.807) is 6.07 Å². The van der Waals surface area contributed by atoms with Crippen LogP contribution >= 0.6 is 0 Å². The summed E-state index contributed by atoms with van der Waals surface area (Å²) in [6.45, 7) is 5.07. The summed E-state index contributed by atoms with van der Waals surface area (Å²) in [6, 6.07) is 4.17. The first-order valence-corrected chi connectivity index (χ1v) is 13.0. The van der Waals surface area contributed by atoms with E-state index in [9.17, 15) is 23.1 Å². The standard InChI is InChI=1S/C23H35N3O5S/c1-14-8-9-17(18(12-14)23(28)29)22(27)19(6-4-10-24)26-32(30,31)20-7-3-5-16-11-15(2)13-25-21(16)20/h3,5,7,14-15,17-19,25-26H,4,6,8-13,24H2,1-2H3,(H,28,29)/t14-,15?,17?,18+,19+/m1/s1. The maximum atomic E-state index is 13.4.